The minimum absolute atomic E-state index is 0.152. The van der Waals surface area contributed by atoms with E-state index < -0.39 is 5.82 Å². The zero-order valence-electron chi connectivity index (χ0n) is 12.0. The highest BCUT2D eigenvalue weighted by Crippen LogP contribution is 2.31. The van der Waals surface area contributed by atoms with Crippen LogP contribution in [0.15, 0.2) is 30.3 Å². The van der Waals surface area contributed by atoms with Gasteiger partial charge in [0.05, 0.1) is 10.9 Å². The third-order valence-corrected chi connectivity index (χ3v) is 3.94. The van der Waals surface area contributed by atoms with Crippen LogP contribution in [0.3, 0.4) is 0 Å². The molecule has 1 heterocycles. The molecular weight excluding hydrogens is 287 g/mol. The molecule has 0 amide bonds. The van der Waals surface area contributed by atoms with Crippen molar-refractivity contribution >= 4 is 22.5 Å². The zero-order valence-corrected chi connectivity index (χ0v) is 12.8. The summed E-state index contributed by atoms with van der Waals surface area (Å²) in [5.74, 6) is 0.144. The second kappa shape index (κ2) is 5.08. The highest BCUT2D eigenvalue weighted by atomic mass is 35.5. The van der Waals surface area contributed by atoms with Crippen LogP contribution >= 0.6 is 11.6 Å². The minimum atomic E-state index is -0.395. The van der Waals surface area contributed by atoms with Gasteiger partial charge in [0.1, 0.15) is 11.0 Å². The molecule has 0 fully saturated rings. The standard InChI is InChI=1S/C17H14ClFN2/c1-9-5-4-6-10(2)13(9)17-20-15-11(3)7-8-12(19)14(15)16(18)21-17/h4-8H,1-3H3. The van der Waals surface area contributed by atoms with Gasteiger partial charge in [0, 0.05) is 5.56 Å². The molecule has 3 aromatic rings. The van der Waals surface area contributed by atoms with Gasteiger partial charge in [0.2, 0.25) is 0 Å². The van der Waals surface area contributed by atoms with Crippen LogP contribution in [0.2, 0.25) is 5.15 Å². The Bertz CT molecular complexity index is 839. The smallest absolute Gasteiger partial charge is 0.162 e. The Balaban J connectivity index is 2.39. The first kappa shape index (κ1) is 14.0. The lowest BCUT2D eigenvalue weighted by Crippen LogP contribution is -1.98. The van der Waals surface area contributed by atoms with Gasteiger partial charge in [-0.15, -0.1) is 0 Å². The van der Waals surface area contributed by atoms with E-state index in [-0.39, 0.29) is 10.5 Å². The molecular formula is C17H14ClFN2. The number of hydrogen-bond donors (Lipinski definition) is 0. The molecule has 2 nitrogen and oxygen atoms in total. The third kappa shape index (κ3) is 2.28. The van der Waals surface area contributed by atoms with Crippen molar-refractivity contribution in [3.8, 4) is 11.4 Å². The van der Waals surface area contributed by atoms with Gasteiger partial charge < -0.3 is 0 Å². The number of aryl methyl sites for hydroxylation is 3. The fraction of sp³-hybridized carbons (Fsp3) is 0.176. The van der Waals surface area contributed by atoms with Crippen molar-refractivity contribution in [2.75, 3.05) is 0 Å². The molecule has 0 N–H and O–H groups in total. The Morgan fingerprint density at radius 1 is 0.905 bits per heavy atom. The van der Waals surface area contributed by atoms with Gasteiger partial charge in [-0.2, -0.15) is 0 Å². The first-order chi connectivity index (χ1) is 9.99. The number of hydrogen-bond acceptors (Lipinski definition) is 2. The average Bonchev–Trinajstić information content (AvgIpc) is 2.42. The topological polar surface area (TPSA) is 25.8 Å². The van der Waals surface area contributed by atoms with Crippen LogP contribution in [-0.2, 0) is 0 Å². The lowest BCUT2D eigenvalue weighted by Gasteiger charge is -2.11. The molecule has 106 valence electrons. The molecule has 0 aliphatic rings. The predicted octanol–water partition coefficient (Wildman–Crippen LogP) is 5.01. The van der Waals surface area contributed by atoms with Crippen molar-refractivity contribution in [2.45, 2.75) is 20.8 Å². The van der Waals surface area contributed by atoms with Crippen molar-refractivity contribution in [1.29, 1.82) is 0 Å². The Morgan fingerprint density at radius 2 is 1.57 bits per heavy atom. The van der Waals surface area contributed by atoms with Crippen molar-refractivity contribution in [3.05, 3.63) is 58.0 Å². The van der Waals surface area contributed by atoms with E-state index in [1.54, 1.807) is 6.07 Å². The highest BCUT2D eigenvalue weighted by molar-refractivity contribution is 6.34. The fourth-order valence-electron chi connectivity index (χ4n) is 2.57. The summed E-state index contributed by atoms with van der Waals surface area (Å²) >= 11 is 6.20. The van der Waals surface area contributed by atoms with Gasteiger partial charge in [-0.1, -0.05) is 35.9 Å². The van der Waals surface area contributed by atoms with Crippen LogP contribution in [0.5, 0.6) is 0 Å². The van der Waals surface area contributed by atoms with E-state index in [0.29, 0.717) is 11.3 Å². The van der Waals surface area contributed by atoms with Crippen LogP contribution in [0.1, 0.15) is 16.7 Å². The number of benzene rings is 2. The number of nitrogens with zero attached hydrogens (tertiary/aromatic N) is 2. The van der Waals surface area contributed by atoms with Gasteiger partial charge in [0.15, 0.2) is 5.82 Å². The molecule has 0 spiro atoms. The molecule has 0 atom stereocenters. The first-order valence-corrected chi connectivity index (χ1v) is 7.06. The van der Waals surface area contributed by atoms with Crippen LogP contribution in [-0.4, -0.2) is 9.97 Å². The average molecular weight is 301 g/mol. The van der Waals surface area contributed by atoms with Crippen LogP contribution in [0.4, 0.5) is 4.39 Å². The van der Waals surface area contributed by atoms with Crippen LogP contribution in [0.25, 0.3) is 22.3 Å². The third-order valence-electron chi connectivity index (χ3n) is 3.66. The van der Waals surface area contributed by atoms with Crippen molar-refractivity contribution in [1.82, 2.24) is 9.97 Å². The predicted molar refractivity (Wildman–Crippen MR) is 84.2 cm³/mol. The highest BCUT2D eigenvalue weighted by Gasteiger charge is 2.15. The van der Waals surface area contributed by atoms with E-state index in [2.05, 4.69) is 9.97 Å². The van der Waals surface area contributed by atoms with E-state index in [4.69, 9.17) is 11.6 Å². The Morgan fingerprint density at radius 3 is 2.24 bits per heavy atom. The number of fused-ring (bicyclic) bond motifs is 1. The summed E-state index contributed by atoms with van der Waals surface area (Å²) < 4.78 is 14.0. The monoisotopic (exact) mass is 300 g/mol. The maximum atomic E-state index is 14.0. The molecule has 0 bridgehead atoms. The molecule has 0 radical (unpaired) electrons. The second-order valence-electron chi connectivity index (χ2n) is 5.19. The van der Waals surface area contributed by atoms with Gasteiger partial charge >= 0.3 is 0 Å². The zero-order chi connectivity index (χ0) is 15.1. The van der Waals surface area contributed by atoms with E-state index in [9.17, 15) is 4.39 Å². The SMILES string of the molecule is Cc1cccc(C)c1-c1nc(Cl)c2c(F)ccc(C)c2n1. The van der Waals surface area contributed by atoms with E-state index in [0.717, 1.165) is 22.3 Å². The summed E-state index contributed by atoms with van der Waals surface area (Å²) in [6.45, 7) is 5.89. The summed E-state index contributed by atoms with van der Waals surface area (Å²) in [6.07, 6.45) is 0. The molecule has 0 aliphatic carbocycles. The van der Waals surface area contributed by atoms with Gasteiger partial charge in [-0.05, 0) is 43.5 Å². The van der Waals surface area contributed by atoms with Crippen LogP contribution < -0.4 is 0 Å². The summed E-state index contributed by atoms with van der Waals surface area (Å²) in [4.78, 5) is 8.86. The van der Waals surface area contributed by atoms with Gasteiger partial charge in [0.25, 0.3) is 0 Å². The maximum Gasteiger partial charge on any atom is 0.162 e. The van der Waals surface area contributed by atoms with Crippen molar-refractivity contribution < 1.29 is 4.39 Å². The molecule has 3 rings (SSSR count). The number of halogens is 2. The molecule has 0 saturated carbocycles. The quantitative estimate of drug-likeness (QED) is 0.590. The lowest BCUT2D eigenvalue weighted by atomic mass is 10.0. The largest absolute Gasteiger partial charge is 0.227 e. The lowest BCUT2D eigenvalue weighted by molar-refractivity contribution is 0.639. The first-order valence-electron chi connectivity index (χ1n) is 6.68. The summed E-state index contributed by atoms with van der Waals surface area (Å²) in [5, 5.41) is 0.436. The summed E-state index contributed by atoms with van der Waals surface area (Å²) in [6, 6.07) is 9.09. The molecule has 1 aromatic heterocycles. The Labute approximate surface area is 127 Å². The van der Waals surface area contributed by atoms with E-state index in [1.165, 1.54) is 6.07 Å². The van der Waals surface area contributed by atoms with Crippen molar-refractivity contribution in [3.63, 3.8) is 0 Å². The maximum absolute atomic E-state index is 14.0. The van der Waals surface area contributed by atoms with Crippen LogP contribution in [0, 0.1) is 26.6 Å². The summed E-state index contributed by atoms with van der Waals surface area (Å²) in [7, 11) is 0. The molecule has 0 unspecified atom stereocenters. The molecule has 0 aliphatic heterocycles. The van der Waals surface area contributed by atoms with Crippen molar-refractivity contribution in [2.24, 2.45) is 0 Å². The van der Waals surface area contributed by atoms with Gasteiger partial charge in [-0.3, -0.25) is 0 Å². The summed E-state index contributed by atoms with van der Waals surface area (Å²) in [5.41, 5.74) is 4.53. The van der Waals surface area contributed by atoms with Gasteiger partial charge in [-0.25, -0.2) is 14.4 Å². The molecule has 21 heavy (non-hydrogen) atoms. The fourth-order valence-corrected chi connectivity index (χ4v) is 2.83. The second-order valence-corrected chi connectivity index (χ2v) is 5.55. The normalized spacial score (nSPS) is 11.1. The van der Waals surface area contributed by atoms with E-state index >= 15 is 0 Å². The Hall–Kier alpha value is -2.00. The number of aromatic nitrogens is 2. The molecule has 0 saturated heterocycles. The minimum Gasteiger partial charge on any atom is -0.227 e. The van der Waals surface area contributed by atoms with E-state index in [1.807, 2.05) is 39.0 Å². The molecule has 2 aromatic carbocycles. The Kier molecular flexibility index (Phi) is 3.38. The molecule has 4 heteroatoms. The number of rotatable bonds is 1.